The summed E-state index contributed by atoms with van der Waals surface area (Å²) in [7, 11) is 0. The third-order valence-electron chi connectivity index (χ3n) is 4.67. The van der Waals surface area contributed by atoms with Crippen molar-refractivity contribution in [1.29, 1.82) is 0 Å². The lowest BCUT2D eigenvalue weighted by Gasteiger charge is -2.33. The average molecular weight is 396 g/mol. The van der Waals surface area contributed by atoms with Gasteiger partial charge < -0.3 is 20.7 Å². The third-order valence-corrected chi connectivity index (χ3v) is 5.16. The number of ether oxygens (including phenoxy) is 1. The molecule has 5 nitrogen and oxygen atoms in total. The van der Waals surface area contributed by atoms with Gasteiger partial charge in [-0.05, 0) is 24.8 Å². The molecule has 136 valence electrons. The highest BCUT2D eigenvalue weighted by molar-refractivity contribution is 6.35. The third kappa shape index (κ3) is 5.35. The van der Waals surface area contributed by atoms with Crippen molar-refractivity contribution in [1.82, 2.24) is 15.6 Å². The van der Waals surface area contributed by atoms with Crippen LogP contribution in [0.3, 0.4) is 0 Å². The van der Waals surface area contributed by atoms with Crippen LogP contribution in [0.4, 0.5) is 5.82 Å². The Bertz CT molecular complexity index is 514. The van der Waals surface area contributed by atoms with Gasteiger partial charge in [0, 0.05) is 37.9 Å². The van der Waals surface area contributed by atoms with E-state index in [9.17, 15) is 0 Å². The van der Waals surface area contributed by atoms with E-state index in [-0.39, 0.29) is 12.4 Å². The molecule has 8 heteroatoms. The van der Waals surface area contributed by atoms with Crippen LogP contribution >= 0.6 is 35.6 Å². The quantitative estimate of drug-likeness (QED) is 0.647. The number of hydrogen-bond acceptors (Lipinski definition) is 5. The maximum Gasteiger partial charge on any atom is 0.144 e. The molecule has 24 heavy (non-hydrogen) atoms. The summed E-state index contributed by atoms with van der Waals surface area (Å²) < 4.78 is 5.61. The molecule has 1 saturated carbocycles. The second-order valence-electron chi connectivity index (χ2n) is 6.20. The largest absolute Gasteiger partial charge is 0.379 e. The van der Waals surface area contributed by atoms with Crippen LogP contribution in [-0.2, 0) is 4.74 Å². The molecule has 1 saturated heterocycles. The zero-order valence-electron chi connectivity index (χ0n) is 13.6. The molecule has 3 atom stereocenters. The van der Waals surface area contributed by atoms with E-state index in [0.29, 0.717) is 33.9 Å². The number of pyridine rings is 1. The molecule has 1 aromatic rings. The van der Waals surface area contributed by atoms with Crippen LogP contribution in [0.25, 0.3) is 0 Å². The Morgan fingerprint density at radius 2 is 2.17 bits per heavy atom. The summed E-state index contributed by atoms with van der Waals surface area (Å²) in [6.45, 7) is 4.31. The molecular formula is C16H25Cl3N4O. The fourth-order valence-electron chi connectivity index (χ4n) is 3.57. The molecule has 2 aliphatic rings. The monoisotopic (exact) mass is 394 g/mol. The minimum absolute atomic E-state index is 0. The summed E-state index contributed by atoms with van der Waals surface area (Å²) >= 11 is 12.0. The van der Waals surface area contributed by atoms with E-state index in [1.54, 1.807) is 12.3 Å². The molecule has 0 radical (unpaired) electrons. The van der Waals surface area contributed by atoms with Crippen LogP contribution in [0, 0.1) is 5.92 Å². The van der Waals surface area contributed by atoms with Crippen molar-refractivity contribution in [3.8, 4) is 0 Å². The van der Waals surface area contributed by atoms with Crippen LogP contribution in [-0.4, -0.2) is 49.9 Å². The lowest BCUT2D eigenvalue weighted by atomic mass is 9.94. The maximum absolute atomic E-state index is 6.11. The van der Waals surface area contributed by atoms with Gasteiger partial charge in [0.15, 0.2) is 0 Å². The normalized spacial score (nSPS) is 26.8. The first kappa shape index (κ1) is 20.0. The topological polar surface area (TPSA) is 58.2 Å². The van der Waals surface area contributed by atoms with Crippen LogP contribution in [0.5, 0.6) is 0 Å². The van der Waals surface area contributed by atoms with Crippen molar-refractivity contribution in [2.24, 2.45) is 5.92 Å². The molecule has 3 unspecified atom stereocenters. The fourth-order valence-corrected chi connectivity index (χ4v) is 4.01. The van der Waals surface area contributed by atoms with Crippen LogP contribution in [0.15, 0.2) is 12.3 Å². The number of rotatable bonds is 6. The first-order valence-corrected chi connectivity index (χ1v) is 9.09. The zero-order valence-corrected chi connectivity index (χ0v) is 15.9. The molecule has 0 amide bonds. The van der Waals surface area contributed by atoms with Crippen LogP contribution < -0.4 is 16.0 Å². The zero-order chi connectivity index (χ0) is 16.1. The lowest BCUT2D eigenvalue weighted by molar-refractivity contribution is 0.0526. The summed E-state index contributed by atoms with van der Waals surface area (Å²) in [6.07, 6.45) is 5.41. The number of morpholine rings is 1. The molecule has 0 bridgehead atoms. The predicted molar refractivity (Wildman–Crippen MR) is 102 cm³/mol. The summed E-state index contributed by atoms with van der Waals surface area (Å²) in [5, 5.41) is 11.6. The van der Waals surface area contributed by atoms with Gasteiger partial charge in [-0.2, -0.15) is 0 Å². The number of anilines is 1. The number of aromatic nitrogens is 1. The van der Waals surface area contributed by atoms with Gasteiger partial charge in [-0.15, -0.1) is 12.4 Å². The Morgan fingerprint density at radius 3 is 2.92 bits per heavy atom. The van der Waals surface area contributed by atoms with Gasteiger partial charge >= 0.3 is 0 Å². The van der Waals surface area contributed by atoms with Crippen molar-refractivity contribution in [3.05, 3.63) is 22.3 Å². The van der Waals surface area contributed by atoms with E-state index in [4.69, 9.17) is 27.9 Å². The fraction of sp³-hybridized carbons (Fsp3) is 0.688. The van der Waals surface area contributed by atoms with Crippen molar-refractivity contribution in [2.45, 2.75) is 31.3 Å². The first-order chi connectivity index (χ1) is 11.2. The van der Waals surface area contributed by atoms with Gasteiger partial charge in [-0.3, -0.25) is 0 Å². The highest BCUT2D eigenvalue weighted by atomic mass is 35.5. The summed E-state index contributed by atoms with van der Waals surface area (Å²) in [5.41, 5.74) is 0. The van der Waals surface area contributed by atoms with Crippen molar-refractivity contribution in [3.63, 3.8) is 0 Å². The second-order valence-corrected chi connectivity index (χ2v) is 7.05. The average Bonchev–Trinajstić information content (AvgIpc) is 3.02. The summed E-state index contributed by atoms with van der Waals surface area (Å²) in [5.74, 6) is 1.34. The van der Waals surface area contributed by atoms with Crippen molar-refractivity contribution < 1.29 is 4.74 Å². The summed E-state index contributed by atoms with van der Waals surface area (Å²) in [4.78, 5) is 4.21. The number of nitrogens with one attached hydrogen (secondary N) is 3. The van der Waals surface area contributed by atoms with Gasteiger partial charge in [-0.25, -0.2) is 4.98 Å². The van der Waals surface area contributed by atoms with E-state index >= 15 is 0 Å². The van der Waals surface area contributed by atoms with Crippen molar-refractivity contribution in [2.75, 3.05) is 38.2 Å². The van der Waals surface area contributed by atoms with Crippen molar-refractivity contribution >= 4 is 41.4 Å². The Labute approximate surface area is 159 Å². The van der Waals surface area contributed by atoms with Gasteiger partial charge in [0.05, 0.1) is 23.3 Å². The smallest absolute Gasteiger partial charge is 0.144 e. The Kier molecular flexibility index (Phi) is 8.34. The van der Waals surface area contributed by atoms with E-state index < -0.39 is 0 Å². The Morgan fingerprint density at radius 1 is 1.29 bits per heavy atom. The SMILES string of the molecule is Cl.Clc1cnc(NCCNC2CCCC2C2COCCN2)c(Cl)c1. The van der Waals surface area contributed by atoms with Gasteiger partial charge in [0.1, 0.15) is 5.82 Å². The van der Waals surface area contributed by atoms with E-state index in [1.165, 1.54) is 19.3 Å². The lowest BCUT2D eigenvalue weighted by Crippen LogP contribution is -2.51. The Hall–Kier alpha value is -0.300. The Balaban J connectivity index is 0.00000208. The van der Waals surface area contributed by atoms with Crippen LogP contribution in [0.1, 0.15) is 19.3 Å². The van der Waals surface area contributed by atoms with Crippen LogP contribution in [0.2, 0.25) is 10.0 Å². The number of halogens is 3. The maximum atomic E-state index is 6.11. The second kappa shape index (κ2) is 10.00. The molecule has 2 heterocycles. The molecular weight excluding hydrogens is 371 g/mol. The molecule has 1 aliphatic carbocycles. The molecule has 0 spiro atoms. The molecule has 3 N–H and O–H groups in total. The molecule has 1 aromatic heterocycles. The minimum Gasteiger partial charge on any atom is -0.379 e. The number of hydrogen-bond donors (Lipinski definition) is 3. The highest BCUT2D eigenvalue weighted by Gasteiger charge is 2.34. The van der Waals surface area contributed by atoms with Gasteiger partial charge in [0.25, 0.3) is 0 Å². The van der Waals surface area contributed by atoms with E-state index in [0.717, 1.165) is 32.8 Å². The van der Waals surface area contributed by atoms with E-state index in [1.807, 2.05) is 0 Å². The molecule has 2 fully saturated rings. The highest BCUT2D eigenvalue weighted by Crippen LogP contribution is 2.29. The van der Waals surface area contributed by atoms with E-state index in [2.05, 4.69) is 20.9 Å². The minimum atomic E-state index is 0. The standard InChI is InChI=1S/C16H24Cl2N4O.ClH/c17-11-8-13(18)16(22-9-11)21-5-4-19-14-3-1-2-12(14)15-10-23-7-6-20-15;/h8-9,12,14-15,19-20H,1-7,10H2,(H,21,22);1H. The molecule has 3 rings (SSSR count). The first-order valence-electron chi connectivity index (χ1n) is 8.33. The molecule has 0 aromatic carbocycles. The van der Waals surface area contributed by atoms with Gasteiger partial charge in [-0.1, -0.05) is 29.6 Å². The summed E-state index contributed by atoms with van der Waals surface area (Å²) in [6, 6.07) is 2.75. The predicted octanol–water partition coefficient (Wildman–Crippen LogP) is 2.97. The van der Waals surface area contributed by atoms with Gasteiger partial charge in [0.2, 0.25) is 0 Å². The number of nitrogens with zero attached hydrogens (tertiary/aromatic N) is 1. The molecule has 1 aliphatic heterocycles.